The molecule has 2 rings (SSSR count). The van der Waals surface area contributed by atoms with Crippen LogP contribution in [0.4, 0.5) is 18.9 Å². The van der Waals surface area contributed by atoms with Crippen LogP contribution in [0.3, 0.4) is 0 Å². The van der Waals surface area contributed by atoms with Crippen LogP contribution in [-0.4, -0.2) is 25.6 Å². The Balaban J connectivity index is 2.03. The summed E-state index contributed by atoms with van der Waals surface area (Å²) in [6.45, 7) is -0.489. The van der Waals surface area contributed by atoms with E-state index in [-0.39, 0.29) is 22.0 Å². The van der Waals surface area contributed by atoms with Crippen LogP contribution < -0.4 is 10.1 Å². The molecule has 0 aliphatic rings. The molecule has 0 unspecified atom stereocenters. The Bertz CT molecular complexity index is 824. The molecule has 5 nitrogen and oxygen atoms in total. The largest absolute Gasteiger partial charge is 0.484 e. The third kappa shape index (κ3) is 5.13. The van der Waals surface area contributed by atoms with E-state index in [1.807, 2.05) is 0 Å². The highest BCUT2D eigenvalue weighted by molar-refractivity contribution is 6.33. The number of benzene rings is 2. The van der Waals surface area contributed by atoms with Gasteiger partial charge in [0.05, 0.1) is 28.9 Å². The van der Waals surface area contributed by atoms with Crippen LogP contribution in [0.2, 0.25) is 5.02 Å². The minimum Gasteiger partial charge on any atom is -0.484 e. The number of hydrogen-bond donors (Lipinski definition) is 1. The Hall–Kier alpha value is -2.74. The molecule has 2 aromatic carbocycles. The van der Waals surface area contributed by atoms with Gasteiger partial charge in [0.25, 0.3) is 5.91 Å². The lowest BCUT2D eigenvalue weighted by atomic mass is 10.2. The fourth-order valence-corrected chi connectivity index (χ4v) is 2.13. The highest BCUT2D eigenvalue weighted by Gasteiger charge is 2.31. The van der Waals surface area contributed by atoms with Crippen LogP contribution in [0.1, 0.15) is 15.9 Å². The van der Waals surface area contributed by atoms with Crippen LogP contribution in [0.5, 0.6) is 5.75 Å². The first-order chi connectivity index (χ1) is 12.2. The lowest BCUT2D eigenvalue weighted by Crippen LogP contribution is -2.21. The third-order valence-corrected chi connectivity index (χ3v) is 3.52. The number of nitrogens with one attached hydrogen (secondary N) is 1. The molecule has 0 spiro atoms. The summed E-state index contributed by atoms with van der Waals surface area (Å²) >= 11 is 5.80. The number of alkyl halides is 3. The lowest BCUT2D eigenvalue weighted by Gasteiger charge is -2.12. The number of anilines is 1. The molecular formula is C17H13ClF3NO4. The zero-order valence-corrected chi connectivity index (χ0v) is 14.1. The van der Waals surface area contributed by atoms with Gasteiger partial charge >= 0.3 is 12.1 Å². The number of hydrogen-bond acceptors (Lipinski definition) is 4. The van der Waals surface area contributed by atoms with Gasteiger partial charge < -0.3 is 14.8 Å². The van der Waals surface area contributed by atoms with E-state index in [4.69, 9.17) is 16.3 Å². The Kier molecular flexibility index (Phi) is 6.10. The third-order valence-electron chi connectivity index (χ3n) is 3.19. The smallest absolute Gasteiger partial charge is 0.416 e. The number of halogens is 4. The first-order valence-electron chi connectivity index (χ1n) is 7.18. The Morgan fingerprint density at radius 2 is 1.88 bits per heavy atom. The van der Waals surface area contributed by atoms with Crippen molar-refractivity contribution in [2.75, 3.05) is 19.0 Å². The molecule has 0 fully saturated rings. The molecule has 1 amide bonds. The molecule has 0 atom stereocenters. The van der Waals surface area contributed by atoms with E-state index in [2.05, 4.69) is 10.1 Å². The minimum absolute atomic E-state index is 0.0426. The van der Waals surface area contributed by atoms with Gasteiger partial charge in [-0.2, -0.15) is 13.2 Å². The fraction of sp³-hybridized carbons (Fsp3) is 0.176. The summed E-state index contributed by atoms with van der Waals surface area (Å²) in [4.78, 5) is 23.3. The van der Waals surface area contributed by atoms with Crippen LogP contribution >= 0.6 is 11.6 Å². The molecule has 9 heteroatoms. The van der Waals surface area contributed by atoms with Crippen LogP contribution in [0.25, 0.3) is 0 Å². The van der Waals surface area contributed by atoms with Gasteiger partial charge in [-0.25, -0.2) is 4.79 Å². The summed E-state index contributed by atoms with van der Waals surface area (Å²) in [5.74, 6) is -1.07. The molecule has 0 aliphatic heterocycles. The van der Waals surface area contributed by atoms with Crippen LogP contribution in [0, 0.1) is 0 Å². The van der Waals surface area contributed by atoms with Crippen LogP contribution in [-0.2, 0) is 15.7 Å². The van der Waals surface area contributed by atoms with Gasteiger partial charge in [-0.1, -0.05) is 17.7 Å². The summed E-state index contributed by atoms with van der Waals surface area (Å²) in [6, 6.07) is 8.50. The number of methoxy groups -OCH3 is 1. The summed E-state index contributed by atoms with van der Waals surface area (Å²) in [6.07, 6.45) is -4.56. The number of ether oxygens (including phenoxy) is 2. The zero-order chi connectivity index (χ0) is 19.3. The highest BCUT2D eigenvalue weighted by Crippen LogP contribution is 2.33. The van der Waals surface area contributed by atoms with Crippen molar-refractivity contribution in [3.8, 4) is 5.75 Å². The van der Waals surface area contributed by atoms with E-state index in [1.54, 1.807) is 0 Å². The van der Waals surface area contributed by atoms with Gasteiger partial charge in [0, 0.05) is 0 Å². The molecule has 26 heavy (non-hydrogen) atoms. The molecule has 138 valence electrons. The van der Waals surface area contributed by atoms with Gasteiger partial charge in [-0.3, -0.25) is 4.79 Å². The second-order valence-electron chi connectivity index (χ2n) is 5.05. The molecule has 1 N–H and O–H groups in total. The molecule has 0 aliphatic carbocycles. The average Bonchev–Trinajstić information content (AvgIpc) is 2.60. The second-order valence-corrected chi connectivity index (χ2v) is 5.46. The van der Waals surface area contributed by atoms with E-state index in [9.17, 15) is 22.8 Å². The van der Waals surface area contributed by atoms with Gasteiger partial charge in [0.2, 0.25) is 0 Å². The van der Waals surface area contributed by atoms with Crippen molar-refractivity contribution in [1.82, 2.24) is 0 Å². The topological polar surface area (TPSA) is 64.6 Å². The van der Waals surface area contributed by atoms with E-state index >= 15 is 0 Å². The van der Waals surface area contributed by atoms with E-state index in [1.165, 1.54) is 31.4 Å². The summed E-state index contributed by atoms with van der Waals surface area (Å²) in [7, 11) is 1.22. The van der Waals surface area contributed by atoms with Gasteiger partial charge in [-0.05, 0) is 36.4 Å². The minimum atomic E-state index is -4.56. The molecule has 0 saturated heterocycles. The average molecular weight is 388 g/mol. The number of esters is 1. The molecule has 0 radical (unpaired) electrons. The van der Waals surface area contributed by atoms with E-state index in [0.29, 0.717) is 0 Å². The fourth-order valence-electron chi connectivity index (χ4n) is 1.96. The lowest BCUT2D eigenvalue weighted by molar-refractivity contribution is -0.137. The molecule has 0 bridgehead atoms. The maximum Gasteiger partial charge on any atom is 0.416 e. The number of amides is 1. The van der Waals surface area contributed by atoms with E-state index in [0.717, 1.165) is 18.2 Å². The molecule has 0 saturated carbocycles. The first-order valence-corrected chi connectivity index (χ1v) is 7.56. The van der Waals surface area contributed by atoms with Crippen molar-refractivity contribution in [2.24, 2.45) is 0 Å². The maximum absolute atomic E-state index is 12.7. The first kappa shape index (κ1) is 19.6. The van der Waals surface area contributed by atoms with Gasteiger partial charge in [-0.15, -0.1) is 0 Å². The van der Waals surface area contributed by atoms with Gasteiger partial charge in [0.15, 0.2) is 6.61 Å². The number of carbonyl (C=O) groups excluding carboxylic acids is 2. The van der Waals surface area contributed by atoms with Crippen molar-refractivity contribution in [1.29, 1.82) is 0 Å². The van der Waals surface area contributed by atoms with Crippen molar-refractivity contribution < 1.29 is 32.2 Å². The Morgan fingerprint density at radius 3 is 2.54 bits per heavy atom. The standard InChI is InChI=1S/C17H13ClF3NO4/c1-25-16(24)10-3-2-4-12(7-10)26-9-15(23)22-14-8-11(17(19,20)21)5-6-13(14)18/h2-8H,9H2,1H3,(H,22,23). The SMILES string of the molecule is COC(=O)c1cccc(OCC(=O)Nc2cc(C(F)(F)F)ccc2Cl)c1. The predicted octanol–water partition coefficient (Wildman–Crippen LogP) is 4.16. The summed E-state index contributed by atoms with van der Waals surface area (Å²) in [5.41, 5.74) is -0.895. The highest BCUT2D eigenvalue weighted by atomic mass is 35.5. The summed E-state index contributed by atoms with van der Waals surface area (Å²) in [5, 5.41) is 2.21. The number of rotatable bonds is 5. The van der Waals surface area contributed by atoms with Crippen molar-refractivity contribution >= 4 is 29.2 Å². The van der Waals surface area contributed by atoms with Crippen molar-refractivity contribution in [3.05, 3.63) is 58.6 Å². The molecule has 0 aromatic heterocycles. The van der Waals surface area contributed by atoms with Gasteiger partial charge in [0.1, 0.15) is 5.75 Å². The molecule has 2 aromatic rings. The normalized spacial score (nSPS) is 11.0. The van der Waals surface area contributed by atoms with E-state index < -0.39 is 30.2 Å². The predicted molar refractivity (Wildman–Crippen MR) is 88.4 cm³/mol. The Morgan fingerprint density at radius 1 is 1.15 bits per heavy atom. The second kappa shape index (κ2) is 8.09. The summed E-state index contributed by atoms with van der Waals surface area (Å²) < 4.78 is 48.0. The molecular weight excluding hydrogens is 375 g/mol. The zero-order valence-electron chi connectivity index (χ0n) is 13.4. The van der Waals surface area contributed by atoms with Crippen molar-refractivity contribution in [2.45, 2.75) is 6.18 Å². The number of carbonyl (C=O) groups is 2. The Labute approximate surface area is 151 Å². The van der Waals surface area contributed by atoms with Crippen LogP contribution in [0.15, 0.2) is 42.5 Å². The monoisotopic (exact) mass is 387 g/mol. The quantitative estimate of drug-likeness (QED) is 0.782. The molecule has 0 heterocycles. The maximum atomic E-state index is 12.7. The van der Waals surface area contributed by atoms with Crippen molar-refractivity contribution in [3.63, 3.8) is 0 Å².